The van der Waals surface area contributed by atoms with Crippen LogP contribution in [-0.2, 0) is 39.6 Å². The number of amides is 5. The van der Waals surface area contributed by atoms with Gasteiger partial charge in [0, 0.05) is 82.4 Å². The predicted molar refractivity (Wildman–Crippen MR) is 228 cm³/mol. The van der Waals surface area contributed by atoms with Gasteiger partial charge in [0.25, 0.3) is 0 Å². The van der Waals surface area contributed by atoms with E-state index in [2.05, 4.69) is 36.2 Å². The van der Waals surface area contributed by atoms with Gasteiger partial charge in [-0.15, -0.1) is 0 Å². The van der Waals surface area contributed by atoms with E-state index < -0.39 is 23.7 Å². The number of pyridine rings is 1. The molecule has 3 atom stereocenters. The molecule has 2 saturated heterocycles. The van der Waals surface area contributed by atoms with E-state index >= 15 is 0 Å². The lowest BCUT2D eigenvalue weighted by Crippen LogP contribution is -2.43. The van der Waals surface area contributed by atoms with Crippen LogP contribution in [0.3, 0.4) is 0 Å². The first kappa shape index (κ1) is 46.6. The maximum Gasteiger partial charge on any atom is 0.416 e. The molecule has 7 rings (SSSR count). The molecule has 16 nitrogen and oxygen atoms in total. The molecule has 0 radical (unpaired) electrons. The molecule has 0 unspecified atom stereocenters. The number of likely N-dealkylation sites (tertiary alicyclic amines) is 2. The SMILES string of the molecule is CN1C(=O)C[C@H](C(=O)NCCOC2CCC(OCCCC(=O)NC3CCC(C(=O)NCCN4CC[C@H](Nc5ncnc6ccc(C(F)(F)F)cc56)C4=O)CC3)CC2)[C@H]1c1cccnc1. The number of alkyl halides is 3. The normalized spacial score (nSPS) is 25.1. The lowest BCUT2D eigenvalue weighted by Gasteiger charge is -2.29. The summed E-state index contributed by atoms with van der Waals surface area (Å²) in [6.07, 6.45) is 7.97. The van der Waals surface area contributed by atoms with Crippen LogP contribution in [0.4, 0.5) is 19.0 Å². The summed E-state index contributed by atoms with van der Waals surface area (Å²) in [6, 6.07) is 5.91. The lowest BCUT2D eigenvalue weighted by atomic mass is 9.85. The molecule has 0 bridgehead atoms. The summed E-state index contributed by atoms with van der Waals surface area (Å²) >= 11 is 0. The zero-order valence-corrected chi connectivity index (χ0v) is 36.1. The third kappa shape index (κ3) is 12.0. The highest BCUT2D eigenvalue weighted by atomic mass is 19.4. The van der Waals surface area contributed by atoms with Gasteiger partial charge in [-0.2, -0.15) is 13.2 Å². The monoisotopic (exact) mass is 893 g/mol. The molecule has 2 saturated carbocycles. The Hall–Kier alpha value is -5.43. The summed E-state index contributed by atoms with van der Waals surface area (Å²) in [5, 5.41) is 12.2. The molecule has 4 heterocycles. The number of anilines is 1. The molecule has 4 fully saturated rings. The second-order valence-corrected chi connectivity index (χ2v) is 17.3. The molecule has 2 aliphatic heterocycles. The van der Waals surface area contributed by atoms with Crippen molar-refractivity contribution >= 4 is 46.3 Å². The molecule has 2 aliphatic carbocycles. The van der Waals surface area contributed by atoms with Crippen molar-refractivity contribution in [1.82, 2.24) is 40.7 Å². The molecule has 64 heavy (non-hydrogen) atoms. The van der Waals surface area contributed by atoms with Crippen LogP contribution in [0, 0.1) is 11.8 Å². The first-order valence-electron chi connectivity index (χ1n) is 22.4. The number of halogens is 3. The van der Waals surface area contributed by atoms with Crippen molar-refractivity contribution in [2.75, 3.05) is 51.8 Å². The molecule has 5 amide bonds. The highest BCUT2D eigenvalue weighted by Gasteiger charge is 2.43. The van der Waals surface area contributed by atoms with Crippen molar-refractivity contribution in [2.45, 2.75) is 114 Å². The van der Waals surface area contributed by atoms with Crippen LogP contribution in [0.2, 0.25) is 0 Å². The van der Waals surface area contributed by atoms with Crippen LogP contribution < -0.4 is 21.3 Å². The zero-order valence-electron chi connectivity index (χ0n) is 36.1. The van der Waals surface area contributed by atoms with Crippen LogP contribution in [-0.4, -0.2) is 125 Å². The van der Waals surface area contributed by atoms with E-state index in [4.69, 9.17) is 9.47 Å². The summed E-state index contributed by atoms with van der Waals surface area (Å²) in [7, 11) is 1.72. The van der Waals surface area contributed by atoms with Gasteiger partial charge >= 0.3 is 6.18 Å². The molecule has 19 heteroatoms. The Morgan fingerprint density at radius 3 is 2.33 bits per heavy atom. The fourth-order valence-corrected chi connectivity index (χ4v) is 9.36. The number of ether oxygens (including phenoxy) is 2. The molecule has 2 aromatic heterocycles. The van der Waals surface area contributed by atoms with Gasteiger partial charge in [-0.3, -0.25) is 29.0 Å². The van der Waals surface area contributed by atoms with E-state index in [1.54, 1.807) is 35.3 Å². The predicted octanol–water partition coefficient (Wildman–Crippen LogP) is 4.31. The number of hydrogen-bond acceptors (Lipinski definition) is 11. The van der Waals surface area contributed by atoms with E-state index in [1.165, 1.54) is 12.4 Å². The number of fused-ring (bicyclic) bond motifs is 1. The Morgan fingerprint density at radius 2 is 1.61 bits per heavy atom. The highest BCUT2D eigenvalue weighted by Crippen LogP contribution is 2.37. The molecule has 346 valence electrons. The number of aromatic nitrogens is 3. The molecule has 1 aromatic carbocycles. The van der Waals surface area contributed by atoms with E-state index in [0.717, 1.165) is 43.4 Å². The molecule has 0 spiro atoms. The number of carbonyl (C=O) groups excluding carboxylic acids is 5. The maximum atomic E-state index is 13.3. The Morgan fingerprint density at radius 1 is 0.875 bits per heavy atom. The number of benzene rings is 1. The van der Waals surface area contributed by atoms with Gasteiger partial charge in [-0.25, -0.2) is 9.97 Å². The molecular formula is C45H58F3N9O7. The molecule has 4 N–H and O–H groups in total. The van der Waals surface area contributed by atoms with Crippen molar-refractivity contribution < 1.29 is 46.6 Å². The minimum absolute atomic E-state index is 0.0112. The summed E-state index contributed by atoms with van der Waals surface area (Å²) in [4.78, 5) is 79.8. The maximum absolute atomic E-state index is 13.3. The second kappa shape index (κ2) is 21.5. The number of nitrogens with one attached hydrogen (secondary N) is 4. The van der Waals surface area contributed by atoms with Crippen molar-refractivity contribution in [2.24, 2.45) is 11.8 Å². The van der Waals surface area contributed by atoms with Crippen LogP contribution in [0.15, 0.2) is 49.1 Å². The standard InChI is InChI=1S/C45H58F3N9O7/c1-56-39(59)25-35(40(56)29-4-2-17-49-26-29)43(61)51-19-23-64-33-13-11-32(12-14-33)63-22-3-5-38(58)54-31-9-6-28(7-10-31)42(60)50-18-21-57-20-16-37(44(57)62)55-41-34-24-30(45(46,47)48)8-15-36(34)52-27-53-41/h2,4,8,15,17,24,26-28,31-33,35,37,40H,3,5-7,9-14,16,18-23,25H2,1H3,(H,50,60)(H,51,61)(H,54,58)(H,52,53,55)/t28?,31?,32?,33?,35-,37-,40+/m0/s1. The topological polar surface area (TPSA) is 197 Å². The Balaban J connectivity index is 0.704. The second-order valence-electron chi connectivity index (χ2n) is 17.3. The Kier molecular flexibility index (Phi) is 15.6. The molecule has 4 aliphatic rings. The third-order valence-electron chi connectivity index (χ3n) is 12.9. The van der Waals surface area contributed by atoms with Crippen LogP contribution in [0.5, 0.6) is 0 Å². The summed E-state index contributed by atoms with van der Waals surface area (Å²) in [6.45, 7) is 2.26. The van der Waals surface area contributed by atoms with Gasteiger partial charge in [-0.05, 0) is 94.0 Å². The van der Waals surface area contributed by atoms with Gasteiger partial charge in [0.2, 0.25) is 29.5 Å². The van der Waals surface area contributed by atoms with Gasteiger partial charge in [0.15, 0.2) is 0 Å². The number of rotatable bonds is 18. The Labute approximate surface area is 370 Å². The van der Waals surface area contributed by atoms with Crippen molar-refractivity contribution in [3.8, 4) is 0 Å². The number of carbonyl (C=O) groups is 5. The van der Waals surface area contributed by atoms with Crippen molar-refractivity contribution in [1.29, 1.82) is 0 Å². The molecule has 3 aromatic rings. The summed E-state index contributed by atoms with van der Waals surface area (Å²) in [5.41, 5.74) is 0.342. The lowest BCUT2D eigenvalue weighted by molar-refractivity contribution is -0.137. The quantitative estimate of drug-likeness (QED) is 0.133. The van der Waals surface area contributed by atoms with Crippen LogP contribution in [0.1, 0.15) is 94.2 Å². The van der Waals surface area contributed by atoms with Crippen LogP contribution >= 0.6 is 0 Å². The largest absolute Gasteiger partial charge is 0.416 e. The Bertz CT molecular complexity index is 2100. The van der Waals surface area contributed by atoms with Gasteiger partial charge in [0.05, 0.1) is 41.9 Å². The van der Waals surface area contributed by atoms with Gasteiger partial charge in [-0.1, -0.05) is 6.07 Å². The fraction of sp³-hybridized carbons (Fsp3) is 0.600. The van der Waals surface area contributed by atoms with E-state index in [-0.39, 0.29) is 83.9 Å². The average molecular weight is 894 g/mol. The van der Waals surface area contributed by atoms with Gasteiger partial charge in [0.1, 0.15) is 18.2 Å². The highest BCUT2D eigenvalue weighted by molar-refractivity contribution is 5.93. The van der Waals surface area contributed by atoms with Crippen molar-refractivity contribution in [3.05, 3.63) is 60.2 Å². The van der Waals surface area contributed by atoms with Crippen LogP contribution in [0.25, 0.3) is 10.9 Å². The first-order chi connectivity index (χ1) is 30.8. The summed E-state index contributed by atoms with van der Waals surface area (Å²) in [5.74, 6) is -1.05. The minimum atomic E-state index is -4.53. The van der Waals surface area contributed by atoms with E-state index in [0.29, 0.717) is 83.3 Å². The van der Waals surface area contributed by atoms with Gasteiger partial charge < -0.3 is 40.5 Å². The first-order valence-corrected chi connectivity index (χ1v) is 22.4. The molecular weight excluding hydrogens is 836 g/mol. The fourth-order valence-electron chi connectivity index (χ4n) is 9.36. The minimum Gasteiger partial charge on any atom is -0.378 e. The van der Waals surface area contributed by atoms with E-state index in [1.807, 2.05) is 6.07 Å². The smallest absolute Gasteiger partial charge is 0.378 e. The number of hydrogen-bond donors (Lipinski definition) is 4. The average Bonchev–Trinajstić information content (AvgIpc) is 3.80. The zero-order chi connectivity index (χ0) is 45.2. The number of nitrogens with zero attached hydrogens (tertiary/aromatic N) is 5. The van der Waals surface area contributed by atoms with E-state index in [9.17, 15) is 37.1 Å². The van der Waals surface area contributed by atoms with Crippen molar-refractivity contribution in [3.63, 3.8) is 0 Å². The third-order valence-corrected chi connectivity index (χ3v) is 12.9. The summed E-state index contributed by atoms with van der Waals surface area (Å²) < 4.78 is 52.1.